The monoisotopic (exact) mass is 379 g/mol. The minimum atomic E-state index is -0.528. The molecule has 3 aromatic rings. The maximum Gasteiger partial charge on any atom is 0.413 e. The van der Waals surface area contributed by atoms with Gasteiger partial charge >= 0.3 is 6.09 Å². The molecule has 1 amide bonds. The number of fused-ring (bicyclic) bond motifs is 1. The molecule has 0 aromatic heterocycles. The number of carbonyl (C=O) groups excluding carboxylic acids is 1. The van der Waals surface area contributed by atoms with Crippen LogP contribution in [-0.2, 0) is 6.61 Å². The van der Waals surface area contributed by atoms with E-state index in [1.54, 1.807) is 13.2 Å². The Labute approximate surface area is 165 Å². The third-order valence-electron chi connectivity index (χ3n) is 4.03. The van der Waals surface area contributed by atoms with Gasteiger partial charge in [0, 0.05) is 5.54 Å². The Hall–Kier alpha value is -3.21. The second-order valence-corrected chi connectivity index (χ2v) is 7.55. The number of benzene rings is 3. The molecule has 0 aliphatic carbocycles. The Kier molecular flexibility index (Phi) is 5.73. The molecule has 146 valence electrons. The Balaban J connectivity index is 1.92. The molecule has 0 radical (unpaired) electrons. The average Bonchev–Trinajstić information content (AvgIpc) is 2.65. The molecule has 0 unspecified atom stereocenters. The molecule has 0 aliphatic rings. The highest BCUT2D eigenvalue weighted by molar-refractivity contribution is 5.88. The predicted octanol–water partition coefficient (Wildman–Crippen LogP) is 5.31. The van der Waals surface area contributed by atoms with Crippen molar-refractivity contribution >= 4 is 16.9 Å². The maximum absolute atomic E-state index is 12.3. The molecule has 0 saturated carbocycles. The average molecular weight is 379 g/mol. The number of nitrogens with one attached hydrogen (secondary N) is 1. The summed E-state index contributed by atoms with van der Waals surface area (Å²) >= 11 is 0. The van der Waals surface area contributed by atoms with E-state index in [9.17, 15) is 4.79 Å². The van der Waals surface area contributed by atoms with Gasteiger partial charge in [0.1, 0.15) is 12.4 Å². The van der Waals surface area contributed by atoms with Gasteiger partial charge in [-0.15, -0.1) is 0 Å². The van der Waals surface area contributed by atoms with E-state index >= 15 is 0 Å². The van der Waals surface area contributed by atoms with Gasteiger partial charge < -0.3 is 19.5 Å². The van der Waals surface area contributed by atoms with Crippen LogP contribution in [0.4, 0.5) is 4.79 Å². The van der Waals surface area contributed by atoms with E-state index in [4.69, 9.17) is 14.2 Å². The van der Waals surface area contributed by atoms with Crippen LogP contribution in [0.2, 0.25) is 0 Å². The summed E-state index contributed by atoms with van der Waals surface area (Å²) in [6.07, 6.45) is -0.528. The van der Waals surface area contributed by atoms with E-state index in [1.165, 1.54) is 0 Å². The molecule has 0 bridgehead atoms. The topological polar surface area (TPSA) is 56.8 Å². The largest absolute Gasteiger partial charge is 0.497 e. The summed E-state index contributed by atoms with van der Waals surface area (Å²) in [6.45, 7) is 6.06. The van der Waals surface area contributed by atoms with Crippen molar-refractivity contribution in [1.82, 2.24) is 5.32 Å². The van der Waals surface area contributed by atoms with Gasteiger partial charge in [-0.1, -0.05) is 36.4 Å². The smallest absolute Gasteiger partial charge is 0.413 e. The van der Waals surface area contributed by atoms with E-state index in [0.29, 0.717) is 18.1 Å². The minimum Gasteiger partial charge on any atom is -0.497 e. The van der Waals surface area contributed by atoms with E-state index in [2.05, 4.69) is 5.32 Å². The predicted molar refractivity (Wildman–Crippen MR) is 110 cm³/mol. The number of hydrogen-bond donors (Lipinski definition) is 1. The van der Waals surface area contributed by atoms with Gasteiger partial charge in [-0.05, 0) is 61.4 Å². The quantitative estimate of drug-likeness (QED) is 0.652. The summed E-state index contributed by atoms with van der Waals surface area (Å²) in [6, 6.07) is 19.2. The SMILES string of the molecule is COc1ccc2cc(OCc3ccccc3)c(OC(=O)NC(C)(C)C)cc2c1. The molecule has 5 heteroatoms. The first-order chi connectivity index (χ1) is 13.3. The molecule has 0 spiro atoms. The van der Waals surface area contributed by atoms with Crippen LogP contribution >= 0.6 is 0 Å². The van der Waals surface area contributed by atoms with Crippen LogP contribution in [0.25, 0.3) is 10.8 Å². The van der Waals surface area contributed by atoms with Gasteiger partial charge in [0.15, 0.2) is 11.5 Å². The van der Waals surface area contributed by atoms with Crippen LogP contribution in [0.15, 0.2) is 60.7 Å². The molecular formula is C23H25NO4. The standard InChI is InChI=1S/C23H25NO4/c1-23(2,3)24-22(25)28-21-14-18-12-19(26-4)11-10-17(18)13-20(21)27-15-16-8-6-5-7-9-16/h5-14H,15H2,1-4H3,(H,24,25). The highest BCUT2D eigenvalue weighted by Crippen LogP contribution is 2.35. The van der Waals surface area contributed by atoms with Crippen molar-refractivity contribution in [2.24, 2.45) is 0 Å². The third kappa shape index (κ3) is 5.16. The molecule has 1 N–H and O–H groups in total. The van der Waals surface area contributed by atoms with Crippen molar-refractivity contribution in [3.8, 4) is 17.2 Å². The second-order valence-electron chi connectivity index (χ2n) is 7.55. The first kappa shape index (κ1) is 19.5. The molecule has 5 nitrogen and oxygen atoms in total. The molecule has 3 aromatic carbocycles. The Morgan fingerprint density at radius 1 is 0.929 bits per heavy atom. The van der Waals surface area contributed by atoms with E-state index < -0.39 is 11.6 Å². The molecule has 0 aliphatic heterocycles. The van der Waals surface area contributed by atoms with E-state index in [-0.39, 0.29) is 0 Å². The fourth-order valence-electron chi connectivity index (χ4n) is 2.72. The summed E-state index contributed by atoms with van der Waals surface area (Å²) in [5, 5.41) is 4.66. The van der Waals surface area contributed by atoms with Crippen molar-refractivity contribution in [2.45, 2.75) is 32.9 Å². The van der Waals surface area contributed by atoms with Crippen LogP contribution in [0.1, 0.15) is 26.3 Å². The Morgan fingerprint density at radius 2 is 1.64 bits per heavy atom. The van der Waals surface area contributed by atoms with Gasteiger partial charge in [0.2, 0.25) is 0 Å². The first-order valence-electron chi connectivity index (χ1n) is 9.12. The van der Waals surface area contributed by atoms with Crippen molar-refractivity contribution in [1.29, 1.82) is 0 Å². The zero-order chi connectivity index (χ0) is 20.1. The zero-order valence-electron chi connectivity index (χ0n) is 16.6. The molecule has 0 atom stereocenters. The molecule has 0 saturated heterocycles. The molecular weight excluding hydrogens is 354 g/mol. The van der Waals surface area contributed by atoms with Crippen molar-refractivity contribution in [3.63, 3.8) is 0 Å². The van der Waals surface area contributed by atoms with Crippen molar-refractivity contribution in [2.75, 3.05) is 7.11 Å². The number of amides is 1. The van der Waals surface area contributed by atoms with Gasteiger partial charge in [-0.2, -0.15) is 0 Å². The van der Waals surface area contributed by atoms with Crippen molar-refractivity contribution < 1.29 is 19.0 Å². The lowest BCUT2D eigenvalue weighted by molar-refractivity contribution is 0.187. The van der Waals surface area contributed by atoms with Crippen LogP contribution in [-0.4, -0.2) is 18.7 Å². The third-order valence-corrected chi connectivity index (χ3v) is 4.03. The second kappa shape index (κ2) is 8.21. The van der Waals surface area contributed by atoms with E-state index in [1.807, 2.05) is 75.4 Å². The lowest BCUT2D eigenvalue weighted by atomic mass is 10.1. The normalized spacial score (nSPS) is 11.1. The van der Waals surface area contributed by atoms with Crippen molar-refractivity contribution in [3.05, 3.63) is 66.2 Å². The summed E-state index contributed by atoms with van der Waals surface area (Å²) in [5.41, 5.74) is 0.629. The summed E-state index contributed by atoms with van der Waals surface area (Å²) in [7, 11) is 1.62. The fraction of sp³-hybridized carbons (Fsp3) is 0.261. The number of ether oxygens (including phenoxy) is 3. The van der Waals surface area contributed by atoms with Gasteiger partial charge in [0.05, 0.1) is 7.11 Å². The number of rotatable bonds is 5. The zero-order valence-corrected chi connectivity index (χ0v) is 16.6. The summed E-state index contributed by atoms with van der Waals surface area (Å²) < 4.78 is 16.9. The van der Waals surface area contributed by atoms with Crippen LogP contribution < -0.4 is 19.5 Å². The van der Waals surface area contributed by atoms with Crippen LogP contribution in [0.5, 0.6) is 17.2 Å². The Bertz CT molecular complexity index is 961. The first-order valence-corrected chi connectivity index (χ1v) is 9.12. The molecule has 0 fully saturated rings. The van der Waals surface area contributed by atoms with Crippen LogP contribution in [0, 0.1) is 0 Å². The highest BCUT2D eigenvalue weighted by Gasteiger charge is 2.18. The molecule has 28 heavy (non-hydrogen) atoms. The van der Waals surface area contributed by atoms with Gasteiger partial charge in [-0.3, -0.25) is 0 Å². The maximum atomic E-state index is 12.3. The molecule has 0 heterocycles. The number of methoxy groups -OCH3 is 1. The minimum absolute atomic E-state index is 0.360. The molecule has 3 rings (SSSR count). The van der Waals surface area contributed by atoms with Crippen LogP contribution in [0.3, 0.4) is 0 Å². The van der Waals surface area contributed by atoms with Gasteiger partial charge in [-0.25, -0.2) is 4.79 Å². The van der Waals surface area contributed by atoms with Gasteiger partial charge in [0.25, 0.3) is 0 Å². The lowest BCUT2D eigenvalue weighted by Gasteiger charge is -2.21. The fourth-order valence-corrected chi connectivity index (χ4v) is 2.72. The summed E-state index contributed by atoms with van der Waals surface area (Å²) in [4.78, 5) is 12.3. The highest BCUT2D eigenvalue weighted by atomic mass is 16.6. The number of carbonyl (C=O) groups is 1. The Morgan fingerprint density at radius 3 is 2.32 bits per heavy atom. The summed E-state index contributed by atoms with van der Waals surface area (Å²) in [5.74, 6) is 1.60. The number of hydrogen-bond acceptors (Lipinski definition) is 4. The van der Waals surface area contributed by atoms with E-state index in [0.717, 1.165) is 22.1 Å². The lowest BCUT2D eigenvalue weighted by Crippen LogP contribution is -2.42.